The van der Waals surface area contributed by atoms with Gasteiger partial charge in [0, 0.05) is 6.04 Å². The predicted octanol–water partition coefficient (Wildman–Crippen LogP) is 5.06. The van der Waals surface area contributed by atoms with Crippen LogP contribution in [0.2, 0.25) is 0 Å². The minimum atomic E-state index is 0.481. The summed E-state index contributed by atoms with van der Waals surface area (Å²) in [4.78, 5) is 0. The summed E-state index contributed by atoms with van der Waals surface area (Å²) in [5.74, 6) is 0. The number of hydrogen-bond donors (Lipinski definition) is 1. The van der Waals surface area contributed by atoms with Crippen LogP contribution in [-0.4, -0.2) is 6.54 Å². The smallest absolute Gasteiger partial charge is 0.0322 e. The van der Waals surface area contributed by atoms with Crippen LogP contribution in [0.4, 0.5) is 0 Å². The predicted molar refractivity (Wildman–Crippen MR) is 91.6 cm³/mol. The Labute approximate surface area is 129 Å². The van der Waals surface area contributed by atoms with Crippen LogP contribution in [0.25, 0.3) is 0 Å². The molecule has 0 aromatic heterocycles. The van der Waals surface area contributed by atoms with Crippen LogP contribution in [0.1, 0.15) is 48.9 Å². The maximum atomic E-state index is 3.71. The molecule has 112 valence electrons. The quantitative estimate of drug-likeness (QED) is 0.713. The molecular weight excluding hydrogens is 254 g/mol. The highest BCUT2D eigenvalue weighted by atomic mass is 14.9. The fourth-order valence-corrected chi connectivity index (χ4v) is 2.82. The van der Waals surface area contributed by atoms with Gasteiger partial charge < -0.3 is 5.32 Å². The van der Waals surface area contributed by atoms with Gasteiger partial charge in [-0.3, -0.25) is 0 Å². The van der Waals surface area contributed by atoms with Crippen molar-refractivity contribution < 1.29 is 0 Å². The lowest BCUT2D eigenvalue weighted by Gasteiger charge is -2.21. The number of rotatable bonds is 8. The van der Waals surface area contributed by atoms with Crippen LogP contribution in [0, 0.1) is 6.92 Å². The molecule has 0 bridgehead atoms. The van der Waals surface area contributed by atoms with Crippen molar-refractivity contribution >= 4 is 0 Å². The molecule has 2 aromatic rings. The van der Waals surface area contributed by atoms with Crippen molar-refractivity contribution in [2.45, 2.75) is 45.6 Å². The van der Waals surface area contributed by atoms with Gasteiger partial charge in [-0.05, 0) is 55.8 Å². The summed E-state index contributed by atoms with van der Waals surface area (Å²) in [5, 5.41) is 3.71. The third-order valence-corrected chi connectivity index (χ3v) is 4.01. The molecule has 0 aliphatic heterocycles. The Morgan fingerprint density at radius 1 is 0.952 bits per heavy atom. The Balaban J connectivity index is 1.95. The van der Waals surface area contributed by atoms with E-state index >= 15 is 0 Å². The van der Waals surface area contributed by atoms with Gasteiger partial charge in [0.05, 0.1) is 0 Å². The topological polar surface area (TPSA) is 12.0 Å². The van der Waals surface area contributed by atoms with E-state index < -0.39 is 0 Å². The van der Waals surface area contributed by atoms with Gasteiger partial charge in [-0.1, -0.05) is 61.5 Å². The van der Waals surface area contributed by atoms with Gasteiger partial charge in [0.1, 0.15) is 0 Å². The lowest BCUT2D eigenvalue weighted by molar-refractivity contribution is 0.482. The molecule has 0 radical (unpaired) electrons. The zero-order valence-corrected chi connectivity index (χ0v) is 13.3. The lowest BCUT2D eigenvalue weighted by Crippen LogP contribution is -2.23. The molecule has 0 spiro atoms. The molecule has 0 saturated carbocycles. The first-order chi connectivity index (χ1) is 10.3. The molecule has 1 N–H and O–H groups in total. The number of hydrogen-bond acceptors (Lipinski definition) is 1. The van der Waals surface area contributed by atoms with Gasteiger partial charge in [0.15, 0.2) is 0 Å². The molecule has 0 fully saturated rings. The van der Waals surface area contributed by atoms with Crippen molar-refractivity contribution in [3.8, 4) is 0 Å². The SMILES string of the molecule is CCCNC(CCCc1ccccc1)c1ccccc1C. The maximum absolute atomic E-state index is 3.71. The Kier molecular flexibility index (Phi) is 6.49. The van der Waals surface area contributed by atoms with E-state index in [-0.39, 0.29) is 0 Å². The zero-order chi connectivity index (χ0) is 14.9. The summed E-state index contributed by atoms with van der Waals surface area (Å²) in [6.45, 7) is 5.53. The van der Waals surface area contributed by atoms with E-state index in [1.807, 2.05) is 0 Å². The van der Waals surface area contributed by atoms with E-state index in [4.69, 9.17) is 0 Å². The summed E-state index contributed by atoms with van der Waals surface area (Å²) in [6, 6.07) is 20.0. The largest absolute Gasteiger partial charge is 0.310 e. The van der Waals surface area contributed by atoms with Gasteiger partial charge >= 0.3 is 0 Å². The van der Waals surface area contributed by atoms with Crippen LogP contribution in [0.3, 0.4) is 0 Å². The van der Waals surface area contributed by atoms with Crippen molar-refractivity contribution in [3.05, 3.63) is 71.3 Å². The standard InChI is InChI=1S/C20H27N/c1-3-16-21-20(19-14-8-7-10-17(19)2)15-9-13-18-11-5-4-6-12-18/h4-8,10-12,14,20-21H,3,9,13,15-16H2,1-2H3. The third-order valence-electron chi connectivity index (χ3n) is 4.01. The zero-order valence-electron chi connectivity index (χ0n) is 13.3. The van der Waals surface area contributed by atoms with E-state index in [2.05, 4.69) is 73.8 Å². The normalized spacial score (nSPS) is 12.3. The Bertz CT molecular complexity index is 518. The van der Waals surface area contributed by atoms with Gasteiger partial charge in [-0.15, -0.1) is 0 Å². The van der Waals surface area contributed by atoms with Crippen molar-refractivity contribution in [2.24, 2.45) is 0 Å². The highest BCUT2D eigenvalue weighted by Crippen LogP contribution is 2.23. The van der Waals surface area contributed by atoms with Gasteiger partial charge in [0.25, 0.3) is 0 Å². The average molecular weight is 281 g/mol. The number of aryl methyl sites for hydroxylation is 2. The molecule has 0 saturated heterocycles. The molecule has 0 amide bonds. The second-order valence-corrected chi connectivity index (χ2v) is 5.74. The highest BCUT2D eigenvalue weighted by Gasteiger charge is 2.12. The van der Waals surface area contributed by atoms with Crippen molar-refractivity contribution in [3.63, 3.8) is 0 Å². The monoisotopic (exact) mass is 281 g/mol. The van der Waals surface area contributed by atoms with Gasteiger partial charge in [-0.25, -0.2) is 0 Å². The molecule has 2 aromatic carbocycles. The van der Waals surface area contributed by atoms with Crippen molar-refractivity contribution in [2.75, 3.05) is 6.54 Å². The molecule has 1 unspecified atom stereocenters. The lowest BCUT2D eigenvalue weighted by atomic mass is 9.95. The maximum Gasteiger partial charge on any atom is 0.0322 e. The van der Waals surface area contributed by atoms with Gasteiger partial charge in [0.2, 0.25) is 0 Å². The first-order valence-electron chi connectivity index (χ1n) is 8.14. The van der Waals surface area contributed by atoms with Crippen LogP contribution in [-0.2, 0) is 6.42 Å². The van der Waals surface area contributed by atoms with E-state index in [0.717, 1.165) is 13.0 Å². The van der Waals surface area contributed by atoms with Crippen molar-refractivity contribution in [1.82, 2.24) is 5.32 Å². The van der Waals surface area contributed by atoms with Crippen LogP contribution >= 0.6 is 0 Å². The molecule has 1 atom stereocenters. The molecule has 2 rings (SSSR count). The summed E-state index contributed by atoms with van der Waals surface area (Å²) in [6.07, 6.45) is 4.76. The summed E-state index contributed by atoms with van der Waals surface area (Å²) >= 11 is 0. The molecule has 0 aliphatic carbocycles. The molecule has 0 heterocycles. The minimum absolute atomic E-state index is 0.481. The Morgan fingerprint density at radius 3 is 2.38 bits per heavy atom. The fraction of sp³-hybridized carbons (Fsp3) is 0.400. The fourth-order valence-electron chi connectivity index (χ4n) is 2.82. The van der Waals surface area contributed by atoms with Gasteiger partial charge in [-0.2, -0.15) is 0 Å². The van der Waals surface area contributed by atoms with Crippen molar-refractivity contribution in [1.29, 1.82) is 0 Å². The minimum Gasteiger partial charge on any atom is -0.310 e. The molecule has 21 heavy (non-hydrogen) atoms. The van der Waals surface area contributed by atoms with E-state index in [1.165, 1.54) is 36.0 Å². The first-order valence-corrected chi connectivity index (χ1v) is 8.14. The van der Waals surface area contributed by atoms with Crippen LogP contribution < -0.4 is 5.32 Å². The number of benzene rings is 2. The number of nitrogens with one attached hydrogen (secondary N) is 1. The Morgan fingerprint density at radius 2 is 1.67 bits per heavy atom. The van der Waals surface area contributed by atoms with Crippen LogP contribution in [0.15, 0.2) is 54.6 Å². The Hall–Kier alpha value is -1.60. The van der Waals surface area contributed by atoms with E-state index in [9.17, 15) is 0 Å². The van der Waals surface area contributed by atoms with E-state index in [0.29, 0.717) is 6.04 Å². The highest BCUT2D eigenvalue weighted by molar-refractivity contribution is 5.28. The average Bonchev–Trinajstić information content (AvgIpc) is 2.52. The first kappa shape index (κ1) is 15.8. The molecule has 0 aliphatic rings. The second kappa shape index (κ2) is 8.63. The van der Waals surface area contributed by atoms with Crippen LogP contribution in [0.5, 0.6) is 0 Å². The molecule has 1 heteroatoms. The summed E-state index contributed by atoms with van der Waals surface area (Å²) in [5.41, 5.74) is 4.29. The summed E-state index contributed by atoms with van der Waals surface area (Å²) < 4.78 is 0. The third kappa shape index (κ3) is 5.02. The second-order valence-electron chi connectivity index (χ2n) is 5.74. The summed E-state index contributed by atoms with van der Waals surface area (Å²) in [7, 11) is 0. The molecule has 1 nitrogen and oxygen atoms in total. The molecular formula is C20H27N. The van der Waals surface area contributed by atoms with E-state index in [1.54, 1.807) is 0 Å².